The Morgan fingerprint density at radius 3 is 2.42 bits per heavy atom. The number of rotatable bonds is 3. The number of nitrogens with one attached hydrogen (secondary N) is 1. The van der Waals surface area contributed by atoms with Crippen molar-refractivity contribution in [1.29, 1.82) is 0 Å². The van der Waals surface area contributed by atoms with Crippen LogP contribution in [0.1, 0.15) is 27.7 Å². The second-order valence-corrected chi connectivity index (χ2v) is 7.10. The molecule has 0 saturated carbocycles. The van der Waals surface area contributed by atoms with Gasteiger partial charge in [0.2, 0.25) is 0 Å². The van der Waals surface area contributed by atoms with Crippen molar-refractivity contribution in [2.45, 2.75) is 69.4 Å². The van der Waals surface area contributed by atoms with Crippen LogP contribution < -0.4 is 5.32 Å². The van der Waals surface area contributed by atoms with Crippen molar-refractivity contribution in [3.63, 3.8) is 0 Å². The lowest BCUT2D eigenvalue weighted by Crippen LogP contribution is -2.63. The van der Waals surface area contributed by atoms with Crippen LogP contribution in [0.4, 0.5) is 4.79 Å². The molecule has 8 heteroatoms. The number of ether oxygens (including phenoxy) is 6. The summed E-state index contributed by atoms with van der Waals surface area (Å²) in [4.78, 5) is 12.0. The molecule has 0 aromatic carbocycles. The Balaban J connectivity index is 1.93. The van der Waals surface area contributed by atoms with Crippen LogP contribution in [0.5, 0.6) is 0 Å². The van der Waals surface area contributed by atoms with Gasteiger partial charge in [-0.1, -0.05) is 6.08 Å². The lowest BCUT2D eigenvalue weighted by atomic mass is 9.85. The summed E-state index contributed by atoms with van der Waals surface area (Å²) < 4.78 is 34.2. The molecule has 0 spiro atoms. The lowest BCUT2D eigenvalue weighted by Gasteiger charge is -2.37. The van der Waals surface area contributed by atoms with Crippen molar-refractivity contribution in [2.75, 3.05) is 13.7 Å². The third-order valence-electron chi connectivity index (χ3n) is 4.49. The van der Waals surface area contributed by atoms with Crippen molar-refractivity contribution in [1.82, 2.24) is 5.32 Å². The first-order valence-electron chi connectivity index (χ1n) is 7.95. The highest BCUT2D eigenvalue weighted by atomic mass is 16.8. The first kappa shape index (κ1) is 17.6. The molecule has 24 heavy (non-hydrogen) atoms. The Labute approximate surface area is 141 Å². The maximum absolute atomic E-state index is 12.0. The minimum atomic E-state index is -1.07. The normalized spacial score (nSPS) is 42.5. The van der Waals surface area contributed by atoms with Gasteiger partial charge in [0.1, 0.15) is 23.9 Å². The van der Waals surface area contributed by atoms with E-state index < -0.39 is 47.8 Å². The average Bonchev–Trinajstić information content (AvgIpc) is 3.09. The molecule has 0 bridgehead atoms. The van der Waals surface area contributed by atoms with E-state index in [-0.39, 0.29) is 0 Å². The summed E-state index contributed by atoms with van der Waals surface area (Å²) in [6, 6.07) is 0. The number of alkyl carbamates (subject to hydrolysis) is 1. The molecule has 1 N–H and O–H groups in total. The van der Waals surface area contributed by atoms with Crippen LogP contribution in [-0.4, -0.2) is 61.5 Å². The monoisotopic (exact) mass is 343 g/mol. The molecule has 0 aromatic heterocycles. The molecule has 3 saturated heterocycles. The highest BCUT2D eigenvalue weighted by Crippen LogP contribution is 2.46. The summed E-state index contributed by atoms with van der Waals surface area (Å²) in [5, 5.41) is 2.81. The molecule has 3 rings (SSSR count). The second-order valence-electron chi connectivity index (χ2n) is 7.10. The van der Waals surface area contributed by atoms with E-state index >= 15 is 0 Å². The van der Waals surface area contributed by atoms with E-state index in [0.717, 1.165) is 0 Å². The van der Waals surface area contributed by atoms with Gasteiger partial charge >= 0.3 is 6.09 Å². The Bertz CT molecular complexity index is 535. The van der Waals surface area contributed by atoms with Crippen LogP contribution in [0.2, 0.25) is 0 Å². The van der Waals surface area contributed by atoms with Crippen LogP contribution in [0, 0.1) is 0 Å². The predicted molar refractivity (Wildman–Crippen MR) is 82.1 cm³/mol. The molecular weight excluding hydrogens is 318 g/mol. The minimum absolute atomic E-state index is 0.318. The van der Waals surface area contributed by atoms with E-state index in [2.05, 4.69) is 11.9 Å². The van der Waals surface area contributed by atoms with E-state index in [4.69, 9.17) is 28.4 Å². The Kier molecular flexibility index (Phi) is 4.17. The highest BCUT2D eigenvalue weighted by Gasteiger charge is 2.66. The maximum Gasteiger partial charge on any atom is 0.407 e. The van der Waals surface area contributed by atoms with E-state index in [0.29, 0.717) is 6.61 Å². The van der Waals surface area contributed by atoms with E-state index in [9.17, 15) is 4.79 Å². The molecule has 0 aromatic rings. The SMILES string of the molecule is C=C[C@]1(NC(=O)OC)[C@@H]([C@H]2COC(C)(C)O2)O[C@@H]2OC(C)(C)O[C@@H]21. The van der Waals surface area contributed by atoms with Crippen LogP contribution in [-0.2, 0) is 28.4 Å². The van der Waals surface area contributed by atoms with Gasteiger partial charge in [-0.3, -0.25) is 0 Å². The summed E-state index contributed by atoms with van der Waals surface area (Å²) in [5.74, 6) is -1.57. The standard InChI is InChI=1S/C16H25NO7/c1-7-16(17-13(18)19-6)10(9-8-20-14(2,3)22-9)21-12-11(16)23-15(4,5)24-12/h7,9-12H,1,8H2,2-6H3,(H,17,18)/t9-,10-,11+,12-,16+/m1/s1. The number of hydrogen-bond acceptors (Lipinski definition) is 7. The smallest absolute Gasteiger partial charge is 0.407 e. The third kappa shape index (κ3) is 2.82. The number of methoxy groups -OCH3 is 1. The van der Waals surface area contributed by atoms with Crippen molar-refractivity contribution in [2.24, 2.45) is 0 Å². The van der Waals surface area contributed by atoms with E-state index in [1.165, 1.54) is 7.11 Å². The molecule has 1 amide bonds. The Morgan fingerprint density at radius 2 is 1.88 bits per heavy atom. The van der Waals surface area contributed by atoms with Crippen LogP contribution in [0.15, 0.2) is 12.7 Å². The molecule has 0 aliphatic carbocycles. The summed E-state index contributed by atoms with van der Waals surface area (Å²) in [7, 11) is 1.29. The number of fused-ring (bicyclic) bond motifs is 1. The lowest BCUT2D eigenvalue weighted by molar-refractivity contribution is -0.227. The molecule has 3 aliphatic rings. The maximum atomic E-state index is 12.0. The topological polar surface area (TPSA) is 84.5 Å². The Morgan fingerprint density at radius 1 is 1.17 bits per heavy atom. The van der Waals surface area contributed by atoms with Gasteiger partial charge in [0.25, 0.3) is 0 Å². The van der Waals surface area contributed by atoms with Crippen molar-refractivity contribution < 1.29 is 33.2 Å². The fourth-order valence-electron chi connectivity index (χ4n) is 3.48. The average molecular weight is 343 g/mol. The summed E-state index contributed by atoms with van der Waals surface area (Å²) >= 11 is 0. The van der Waals surface area contributed by atoms with Gasteiger partial charge in [0.15, 0.2) is 17.9 Å². The quantitative estimate of drug-likeness (QED) is 0.773. The van der Waals surface area contributed by atoms with Gasteiger partial charge in [-0.25, -0.2) is 4.79 Å². The van der Waals surface area contributed by atoms with Gasteiger partial charge in [-0.15, -0.1) is 6.58 Å². The highest BCUT2D eigenvalue weighted by molar-refractivity contribution is 5.69. The molecule has 0 radical (unpaired) electrons. The zero-order chi connectivity index (χ0) is 17.8. The third-order valence-corrected chi connectivity index (χ3v) is 4.49. The predicted octanol–water partition coefficient (Wildman–Crippen LogP) is 1.30. The molecule has 5 atom stereocenters. The van der Waals surface area contributed by atoms with E-state index in [1.54, 1.807) is 19.9 Å². The van der Waals surface area contributed by atoms with Crippen LogP contribution in [0.3, 0.4) is 0 Å². The molecule has 136 valence electrons. The fourth-order valence-corrected chi connectivity index (χ4v) is 3.48. The van der Waals surface area contributed by atoms with Gasteiger partial charge in [-0.05, 0) is 27.7 Å². The summed E-state index contributed by atoms with van der Waals surface area (Å²) in [6.45, 7) is 11.4. The largest absolute Gasteiger partial charge is 0.453 e. The first-order chi connectivity index (χ1) is 11.1. The minimum Gasteiger partial charge on any atom is -0.453 e. The van der Waals surface area contributed by atoms with Crippen LogP contribution >= 0.6 is 0 Å². The first-order valence-corrected chi connectivity index (χ1v) is 7.95. The molecular formula is C16H25NO7. The van der Waals surface area contributed by atoms with Gasteiger partial charge in [0.05, 0.1) is 13.7 Å². The summed E-state index contributed by atoms with van der Waals surface area (Å²) in [6.07, 6.45) is -1.28. The fraction of sp³-hybridized carbons (Fsp3) is 0.812. The van der Waals surface area contributed by atoms with Gasteiger partial charge < -0.3 is 33.7 Å². The molecule has 3 fully saturated rings. The number of hydrogen-bond donors (Lipinski definition) is 1. The van der Waals surface area contributed by atoms with Gasteiger partial charge in [0, 0.05) is 0 Å². The van der Waals surface area contributed by atoms with E-state index in [1.807, 2.05) is 13.8 Å². The zero-order valence-corrected chi connectivity index (χ0v) is 14.7. The van der Waals surface area contributed by atoms with Crippen molar-refractivity contribution >= 4 is 6.09 Å². The van der Waals surface area contributed by atoms with Crippen molar-refractivity contribution in [3.05, 3.63) is 12.7 Å². The summed E-state index contributed by atoms with van der Waals surface area (Å²) in [5.41, 5.74) is -1.07. The number of carbonyl (C=O) groups excluding carboxylic acids is 1. The second kappa shape index (κ2) is 5.67. The van der Waals surface area contributed by atoms with Crippen molar-refractivity contribution in [3.8, 4) is 0 Å². The van der Waals surface area contributed by atoms with Gasteiger partial charge in [-0.2, -0.15) is 0 Å². The number of carbonyl (C=O) groups is 1. The zero-order valence-electron chi connectivity index (χ0n) is 14.7. The Hall–Kier alpha value is -1.19. The molecule has 3 aliphatic heterocycles. The number of amides is 1. The van der Waals surface area contributed by atoms with Crippen LogP contribution in [0.25, 0.3) is 0 Å². The molecule has 3 heterocycles. The molecule has 8 nitrogen and oxygen atoms in total. The molecule has 0 unspecified atom stereocenters.